The Bertz CT molecular complexity index is 33.8. The molecule has 0 aromatic carbocycles. The van der Waals surface area contributed by atoms with E-state index in [-0.39, 0.29) is 50.6 Å². The standard InChI is InChI=1S/Bi.O3Si.Sb/c;1-4(2)3;/q+3;-2;+3. The predicted octanol–water partition coefficient (Wildman–Crippen LogP) is -3.64. The van der Waals surface area contributed by atoms with Crippen LogP contribution in [0.5, 0.6) is 0 Å². The van der Waals surface area contributed by atoms with Gasteiger partial charge in [-0.3, -0.25) is 0 Å². The van der Waals surface area contributed by atoms with Gasteiger partial charge in [-0.05, 0) is 0 Å². The van der Waals surface area contributed by atoms with Gasteiger partial charge < -0.3 is 14.1 Å². The molecule has 0 aromatic rings. The zero-order valence-corrected chi connectivity index (χ0v) is 9.65. The summed E-state index contributed by atoms with van der Waals surface area (Å²) in [6.07, 6.45) is 0. The molecule has 0 spiro atoms. The fourth-order valence-corrected chi connectivity index (χ4v) is 0. The van der Waals surface area contributed by atoms with Crippen molar-refractivity contribution in [3.63, 3.8) is 0 Å². The number of hydrogen-bond donors (Lipinski definition) is 0. The van der Waals surface area contributed by atoms with Crippen molar-refractivity contribution in [1.29, 1.82) is 0 Å². The van der Waals surface area contributed by atoms with Gasteiger partial charge in [-0.1, -0.05) is 0 Å². The van der Waals surface area contributed by atoms with E-state index in [1.165, 1.54) is 0 Å². The number of rotatable bonds is 0. The van der Waals surface area contributed by atoms with E-state index in [1.807, 2.05) is 0 Å². The van der Waals surface area contributed by atoms with Gasteiger partial charge in [-0.15, -0.1) is 0 Å². The molecule has 0 bridgehead atoms. The SMILES string of the molecule is O=[Si]([O-])[O-].[Bi+3].[Sb+3]. The molecule has 3 nitrogen and oxygen atoms in total. The maximum atomic E-state index is 8.52. The van der Waals surface area contributed by atoms with Crippen molar-refractivity contribution in [2.24, 2.45) is 0 Å². The van der Waals surface area contributed by atoms with Crippen molar-refractivity contribution >= 4 is 59.8 Å². The summed E-state index contributed by atoms with van der Waals surface area (Å²) in [6.45, 7) is 0. The smallest absolute Gasteiger partial charge is 0.672 e. The van der Waals surface area contributed by atoms with Crippen LogP contribution in [0.1, 0.15) is 0 Å². The van der Waals surface area contributed by atoms with Crippen molar-refractivity contribution in [3.05, 3.63) is 0 Å². The summed E-state index contributed by atoms with van der Waals surface area (Å²) in [5.41, 5.74) is 0. The van der Waals surface area contributed by atoms with Gasteiger partial charge in [0, 0.05) is 9.17 Å². The van der Waals surface area contributed by atoms with Gasteiger partial charge in [0.25, 0.3) is 0 Å². The van der Waals surface area contributed by atoms with E-state index in [1.54, 1.807) is 0 Å². The molecule has 0 heterocycles. The average Bonchev–Trinajstić information content (AvgIpc) is 0.811. The van der Waals surface area contributed by atoms with Gasteiger partial charge in [-0.25, -0.2) is 0 Å². The topological polar surface area (TPSA) is 63.2 Å². The monoisotopic (exact) mass is 406 g/mol. The summed E-state index contributed by atoms with van der Waals surface area (Å²) in [5, 5.41) is 0. The van der Waals surface area contributed by atoms with Crippen LogP contribution in [-0.2, 0) is 4.46 Å². The van der Waals surface area contributed by atoms with Gasteiger partial charge >= 0.3 is 50.6 Å². The van der Waals surface area contributed by atoms with E-state index in [2.05, 4.69) is 0 Å². The fourth-order valence-electron chi connectivity index (χ4n) is 0. The third-order valence-electron chi connectivity index (χ3n) is 0. The predicted molar refractivity (Wildman–Crippen MR) is 17.9 cm³/mol. The Morgan fingerprint density at radius 3 is 1.33 bits per heavy atom. The minimum atomic E-state index is -3.63. The maximum absolute atomic E-state index is 8.52. The Kier molecular flexibility index (Phi) is 25.0. The second-order valence-electron chi connectivity index (χ2n) is 0.250. The molecule has 0 saturated heterocycles. The van der Waals surface area contributed by atoms with Crippen LogP contribution in [-0.4, -0.2) is 59.8 Å². The van der Waals surface area contributed by atoms with E-state index < -0.39 is 9.17 Å². The van der Waals surface area contributed by atoms with Crippen LogP contribution >= 0.6 is 0 Å². The normalized spacial score (nSPS) is 4.00. The second-order valence-corrected chi connectivity index (χ2v) is 0.750. The van der Waals surface area contributed by atoms with E-state index in [4.69, 9.17) is 14.1 Å². The number of hydrogen-bond acceptors (Lipinski definition) is 3. The molecular weight excluding hydrogens is 407 g/mol. The first-order valence-corrected chi connectivity index (χ1v) is 1.84. The van der Waals surface area contributed by atoms with Crippen molar-refractivity contribution in [2.45, 2.75) is 0 Å². The minimum absolute atomic E-state index is 0. The van der Waals surface area contributed by atoms with Crippen molar-refractivity contribution in [3.8, 4) is 0 Å². The fraction of sp³-hybridized carbons (Fsp3) is 0. The Hall–Kier alpha value is 1.32. The molecule has 0 aliphatic rings. The first-order chi connectivity index (χ1) is 1.73. The molecule has 0 saturated carbocycles. The molecule has 28 valence electrons. The first-order valence-electron chi connectivity index (χ1n) is 0.612. The molecule has 0 rings (SSSR count). The van der Waals surface area contributed by atoms with Crippen molar-refractivity contribution < 1.29 is 14.1 Å². The third kappa shape index (κ3) is 57.1. The second kappa shape index (κ2) is 9.58. The van der Waals surface area contributed by atoms with Crippen LogP contribution in [0.25, 0.3) is 0 Å². The quantitative estimate of drug-likeness (QED) is 0.390. The Balaban J connectivity index is -0.0000000450. The summed E-state index contributed by atoms with van der Waals surface area (Å²) in [7, 11) is -3.63. The van der Waals surface area contributed by atoms with E-state index in [0.29, 0.717) is 0 Å². The zero-order chi connectivity index (χ0) is 3.58. The first kappa shape index (κ1) is 15.7. The Morgan fingerprint density at radius 2 is 1.33 bits per heavy atom. The molecule has 0 unspecified atom stereocenters. The van der Waals surface area contributed by atoms with Gasteiger partial charge in [-0.2, -0.15) is 0 Å². The summed E-state index contributed by atoms with van der Waals surface area (Å²) in [6, 6.07) is 0. The summed E-state index contributed by atoms with van der Waals surface area (Å²) in [5.74, 6) is 0. The van der Waals surface area contributed by atoms with Crippen LogP contribution < -0.4 is 9.59 Å². The van der Waals surface area contributed by atoms with Crippen molar-refractivity contribution in [1.82, 2.24) is 0 Å². The van der Waals surface area contributed by atoms with Crippen molar-refractivity contribution in [2.75, 3.05) is 0 Å². The molecular formula is BiO3SbSi+4. The van der Waals surface area contributed by atoms with E-state index in [0.717, 1.165) is 0 Å². The Labute approximate surface area is 73.2 Å². The summed E-state index contributed by atoms with van der Waals surface area (Å²) >= 11 is 0. The summed E-state index contributed by atoms with van der Waals surface area (Å²) < 4.78 is 8.52. The molecule has 0 aliphatic carbocycles. The molecule has 6 heavy (non-hydrogen) atoms. The van der Waals surface area contributed by atoms with Gasteiger partial charge in [0.2, 0.25) is 0 Å². The van der Waals surface area contributed by atoms with Crippen LogP contribution in [0, 0.1) is 0 Å². The molecule has 4 radical (unpaired) electrons. The van der Waals surface area contributed by atoms with E-state index in [9.17, 15) is 0 Å². The van der Waals surface area contributed by atoms with E-state index >= 15 is 0 Å². The maximum Gasteiger partial charge on any atom is 3.00 e. The molecule has 0 aromatic heterocycles. The molecule has 0 N–H and O–H groups in total. The average molecular weight is 407 g/mol. The Morgan fingerprint density at radius 1 is 1.33 bits per heavy atom. The van der Waals surface area contributed by atoms with Crippen LogP contribution in [0.4, 0.5) is 0 Å². The zero-order valence-electron chi connectivity index (χ0n) is 2.62. The third-order valence-corrected chi connectivity index (χ3v) is 0. The molecule has 6 heteroatoms. The van der Waals surface area contributed by atoms with Gasteiger partial charge in [0.1, 0.15) is 0 Å². The van der Waals surface area contributed by atoms with Crippen LogP contribution in [0.3, 0.4) is 0 Å². The largest absolute Gasteiger partial charge is 3.00 e. The molecule has 0 aliphatic heterocycles. The molecule has 0 atom stereocenters. The minimum Gasteiger partial charge on any atom is -0.672 e. The van der Waals surface area contributed by atoms with Gasteiger partial charge in [0.05, 0.1) is 0 Å². The summed E-state index contributed by atoms with van der Waals surface area (Å²) in [4.78, 5) is 17.0. The van der Waals surface area contributed by atoms with Gasteiger partial charge in [0.15, 0.2) is 0 Å². The molecule has 0 amide bonds. The van der Waals surface area contributed by atoms with Crippen LogP contribution in [0.15, 0.2) is 0 Å². The molecule has 0 fully saturated rings. The van der Waals surface area contributed by atoms with Crippen LogP contribution in [0.2, 0.25) is 0 Å².